The second-order valence-corrected chi connectivity index (χ2v) is 16.2. The van der Waals surface area contributed by atoms with Crippen molar-refractivity contribution in [2.75, 3.05) is 33.5 Å². The zero-order chi connectivity index (χ0) is 31.4. The van der Waals surface area contributed by atoms with E-state index in [1.807, 2.05) is 34.6 Å². The van der Waals surface area contributed by atoms with Gasteiger partial charge >= 0.3 is 0 Å². The number of aliphatic hydroxyl groups is 1. The Morgan fingerprint density at radius 3 is 1.19 bits per heavy atom. The Balaban J connectivity index is -0.000000116. The number of allylic oxidation sites excluding steroid dienone is 1. The van der Waals surface area contributed by atoms with E-state index in [9.17, 15) is 18.0 Å². The Morgan fingerprint density at radius 1 is 0.865 bits per heavy atom. The number of Topliss-reactive ketones (excluding diaryl/α,β-unsaturated/α-hetero) is 1. The van der Waals surface area contributed by atoms with Gasteiger partial charge in [-0.3, -0.25) is 9.59 Å². The van der Waals surface area contributed by atoms with E-state index in [-0.39, 0.29) is 28.1 Å². The molecule has 0 aromatic heterocycles. The molecule has 0 spiro atoms. The Hall–Kier alpha value is -1.05. The number of carbonyl (C=O) groups excluding carboxylic acids is 2. The summed E-state index contributed by atoms with van der Waals surface area (Å²) < 4.78 is 20.7. The lowest BCUT2D eigenvalue weighted by Crippen LogP contribution is -2.19. The number of sulfone groups is 1. The predicted molar refractivity (Wildman–Crippen MR) is 164 cm³/mol. The summed E-state index contributed by atoms with van der Waals surface area (Å²) in [5.41, 5.74) is 0.652. The minimum Gasteiger partial charge on any atom is -0.396 e. The van der Waals surface area contributed by atoms with Crippen LogP contribution in [0.4, 0.5) is 0 Å². The number of carbonyl (C=O) groups is 2. The van der Waals surface area contributed by atoms with Crippen LogP contribution in [0, 0.1) is 22.2 Å². The first-order chi connectivity index (χ1) is 16.0. The molecule has 0 radical (unpaired) electrons. The first kappa shape index (κ1) is 45.8. The van der Waals surface area contributed by atoms with Crippen molar-refractivity contribution < 1.29 is 23.1 Å². The number of ketones is 2. The quantitative estimate of drug-likeness (QED) is 0.363. The zero-order valence-corrected chi connectivity index (χ0v) is 28.5. The highest BCUT2D eigenvalue weighted by molar-refractivity contribution is 7.91. The topological polar surface area (TPSA) is 91.7 Å². The van der Waals surface area contributed by atoms with Crippen LogP contribution in [0.15, 0.2) is 12.7 Å². The van der Waals surface area contributed by atoms with Gasteiger partial charge in [0, 0.05) is 24.2 Å². The summed E-state index contributed by atoms with van der Waals surface area (Å²) in [6, 6.07) is 0. The molecule has 0 unspecified atom stereocenters. The fourth-order valence-corrected chi connectivity index (χ4v) is 1.13. The lowest BCUT2D eigenvalue weighted by molar-refractivity contribution is -0.124. The number of hydrogen-bond donors (Lipinski definition) is 1. The van der Waals surface area contributed by atoms with Crippen LogP contribution < -0.4 is 0 Å². The van der Waals surface area contributed by atoms with Crippen LogP contribution in [0.2, 0.25) is 0 Å². The third-order valence-electron chi connectivity index (χ3n) is 4.85. The predicted octanol–water partition coefficient (Wildman–Crippen LogP) is 6.86. The average Bonchev–Trinajstić information content (AvgIpc) is 2.64. The molecule has 0 aromatic rings. The van der Waals surface area contributed by atoms with Gasteiger partial charge in [-0.15, -0.1) is 0 Å². The highest BCUT2D eigenvalue weighted by Gasteiger charge is 2.14. The summed E-state index contributed by atoms with van der Waals surface area (Å²) in [7, 11) is 1.49. The summed E-state index contributed by atoms with van der Waals surface area (Å²) in [5, 5.41) is 8.17. The number of aliphatic hydroxyl groups excluding tert-OH is 1. The van der Waals surface area contributed by atoms with Crippen LogP contribution in [0.1, 0.15) is 110 Å². The van der Waals surface area contributed by atoms with Crippen LogP contribution in [0.5, 0.6) is 0 Å². The average molecular weight is 552 g/mol. The molecule has 0 aliphatic rings. The van der Waals surface area contributed by atoms with E-state index in [0.29, 0.717) is 17.4 Å². The normalized spacial score (nSPS) is 11.6. The third-order valence-corrected chi connectivity index (χ3v) is 6.57. The van der Waals surface area contributed by atoms with Crippen LogP contribution in [-0.4, -0.2) is 68.7 Å². The standard InChI is InChI=1S/C8H19N.C6H14O.C6H12O.C6H10O.C4H10O2S/c1-8(2,3)6-7-9(4)5;1-6(2,3)4-5-7;1-5(7)6(2,3)4;1-4-6(7)5(2)3;1-4(2)7(3,5)6/h6-7H2,1-5H3;7H,4-5H2,1-3H3;1-4H3;4-5H,1H2,2-3H3;4H,1-3H3. The Labute approximate surface area is 232 Å². The first-order valence-electron chi connectivity index (χ1n) is 13.2. The molecule has 1 N–H and O–H groups in total. The lowest BCUT2D eigenvalue weighted by Gasteiger charge is -2.20. The van der Waals surface area contributed by atoms with Gasteiger partial charge in [-0.25, -0.2) is 8.42 Å². The van der Waals surface area contributed by atoms with Gasteiger partial charge < -0.3 is 10.0 Å². The molecule has 0 amide bonds. The van der Waals surface area contributed by atoms with Crippen molar-refractivity contribution in [3.8, 4) is 0 Å². The molecule has 0 atom stereocenters. The smallest absolute Gasteiger partial charge is 0.157 e. The molecule has 226 valence electrons. The monoisotopic (exact) mass is 551 g/mol. The van der Waals surface area contributed by atoms with Crippen molar-refractivity contribution in [3.05, 3.63) is 12.7 Å². The van der Waals surface area contributed by atoms with Crippen LogP contribution in [0.3, 0.4) is 0 Å². The van der Waals surface area contributed by atoms with Crippen molar-refractivity contribution in [1.82, 2.24) is 4.90 Å². The van der Waals surface area contributed by atoms with Crippen molar-refractivity contribution in [2.45, 2.75) is 115 Å². The molecular formula is C30H65NO5S. The SMILES string of the molecule is C=CC(=O)C(C)C.CC(=O)C(C)(C)C.CC(C)(C)CCO.CC(C)S(C)(=O)=O.CN(C)CCC(C)(C)C. The highest BCUT2D eigenvalue weighted by Crippen LogP contribution is 2.18. The van der Waals surface area contributed by atoms with Crippen LogP contribution in [-0.2, 0) is 19.4 Å². The van der Waals surface area contributed by atoms with E-state index in [0.717, 1.165) is 6.42 Å². The highest BCUT2D eigenvalue weighted by atomic mass is 32.2. The molecule has 0 saturated carbocycles. The second kappa shape index (κ2) is 21.8. The molecule has 6 nitrogen and oxygen atoms in total. The number of hydrogen-bond acceptors (Lipinski definition) is 6. The lowest BCUT2D eigenvalue weighted by atomic mass is 9.92. The summed E-state index contributed by atoms with van der Waals surface area (Å²) in [6.07, 6.45) is 4.76. The van der Waals surface area contributed by atoms with Crippen molar-refractivity contribution in [2.24, 2.45) is 22.2 Å². The fraction of sp³-hybridized carbons (Fsp3) is 0.867. The minimum absolute atomic E-state index is 0.109. The van der Waals surface area contributed by atoms with Gasteiger partial charge in [0.2, 0.25) is 0 Å². The van der Waals surface area contributed by atoms with E-state index in [4.69, 9.17) is 5.11 Å². The molecule has 0 aromatic carbocycles. The maximum absolute atomic E-state index is 10.5. The van der Waals surface area contributed by atoms with Crippen molar-refractivity contribution >= 4 is 21.4 Å². The molecule has 7 heteroatoms. The van der Waals surface area contributed by atoms with Gasteiger partial charge in [0.05, 0.1) is 5.25 Å². The maximum Gasteiger partial charge on any atom is 0.157 e. The number of nitrogens with zero attached hydrogens (tertiary/aromatic N) is 1. The summed E-state index contributed by atoms with van der Waals surface area (Å²) in [5.74, 6) is 0.463. The fourth-order valence-electron chi connectivity index (χ4n) is 1.13. The van der Waals surface area contributed by atoms with E-state index in [2.05, 4.69) is 67.1 Å². The van der Waals surface area contributed by atoms with E-state index < -0.39 is 9.84 Å². The molecule has 0 aliphatic heterocycles. The van der Waals surface area contributed by atoms with Gasteiger partial charge in [0.1, 0.15) is 15.6 Å². The third kappa shape index (κ3) is 52.2. The molecular weight excluding hydrogens is 486 g/mol. The van der Waals surface area contributed by atoms with Gasteiger partial charge in [0.25, 0.3) is 0 Å². The summed E-state index contributed by atoms with van der Waals surface area (Å²) >= 11 is 0. The van der Waals surface area contributed by atoms with Gasteiger partial charge in [-0.1, -0.05) is 82.7 Å². The van der Waals surface area contributed by atoms with Gasteiger partial charge in [-0.05, 0) is 71.2 Å². The molecule has 37 heavy (non-hydrogen) atoms. The maximum atomic E-state index is 10.5. The van der Waals surface area contributed by atoms with Crippen molar-refractivity contribution in [1.29, 1.82) is 0 Å². The summed E-state index contributed by atoms with van der Waals surface area (Å²) in [4.78, 5) is 23.1. The first-order valence-corrected chi connectivity index (χ1v) is 15.1. The molecule has 0 saturated heterocycles. The molecule has 0 rings (SSSR count). The Kier molecular flexibility index (Phi) is 27.1. The van der Waals surface area contributed by atoms with Gasteiger partial charge in [-0.2, -0.15) is 0 Å². The van der Waals surface area contributed by atoms with Gasteiger partial charge in [0.15, 0.2) is 5.78 Å². The van der Waals surface area contributed by atoms with E-state index >= 15 is 0 Å². The zero-order valence-electron chi connectivity index (χ0n) is 27.7. The Bertz CT molecular complexity index is 687. The Morgan fingerprint density at radius 2 is 1.16 bits per heavy atom. The van der Waals surface area contributed by atoms with E-state index in [1.165, 1.54) is 25.3 Å². The minimum atomic E-state index is -2.74. The molecule has 0 aliphatic carbocycles. The summed E-state index contributed by atoms with van der Waals surface area (Å²) in [6.45, 7) is 32.4. The number of rotatable bonds is 6. The molecule has 0 bridgehead atoms. The molecule has 0 heterocycles. The largest absolute Gasteiger partial charge is 0.396 e. The molecule has 0 fully saturated rings. The van der Waals surface area contributed by atoms with E-state index in [1.54, 1.807) is 20.8 Å². The van der Waals surface area contributed by atoms with Crippen LogP contribution >= 0.6 is 0 Å². The van der Waals surface area contributed by atoms with Crippen molar-refractivity contribution in [3.63, 3.8) is 0 Å². The van der Waals surface area contributed by atoms with Crippen LogP contribution in [0.25, 0.3) is 0 Å². The second-order valence-electron chi connectivity index (χ2n) is 13.6.